The fourth-order valence-corrected chi connectivity index (χ4v) is 4.52. The van der Waals surface area contributed by atoms with Crippen molar-refractivity contribution in [1.29, 1.82) is 0 Å². The van der Waals surface area contributed by atoms with Crippen molar-refractivity contribution in [2.75, 3.05) is 28.0 Å². The van der Waals surface area contributed by atoms with Gasteiger partial charge in [-0.15, -0.1) is 0 Å². The van der Waals surface area contributed by atoms with Crippen LogP contribution in [0.15, 0.2) is 77.7 Å². The zero-order chi connectivity index (χ0) is 24.3. The third-order valence-electron chi connectivity index (χ3n) is 5.03. The summed E-state index contributed by atoms with van der Waals surface area (Å²) in [6, 6.07) is 17.1. The number of nitro groups is 1. The zero-order valence-corrected chi connectivity index (χ0v) is 18.4. The highest BCUT2D eigenvalue weighted by Crippen LogP contribution is 2.25. The molecule has 0 spiro atoms. The summed E-state index contributed by atoms with van der Waals surface area (Å²) in [5.41, 5.74) is 0.689. The van der Waals surface area contributed by atoms with Gasteiger partial charge in [-0.05, 0) is 36.4 Å². The lowest BCUT2D eigenvalue weighted by Gasteiger charge is -2.16. The highest BCUT2D eigenvalue weighted by Gasteiger charge is 2.23. The van der Waals surface area contributed by atoms with Crippen molar-refractivity contribution >= 4 is 44.7 Å². The van der Waals surface area contributed by atoms with E-state index in [1.165, 1.54) is 35.2 Å². The Morgan fingerprint density at radius 2 is 1.79 bits per heavy atom. The number of nitro benzene ring substituents is 1. The first kappa shape index (κ1) is 22.7. The molecule has 11 nitrogen and oxygen atoms in total. The molecule has 0 radical (unpaired) electrons. The number of benzene rings is 3. The van der Waals surface area contributed by atoms with Gasteiger partial charge in [0.15, 0.2) is 0 Å². The molecule has 1 saturated heterocycles. The topological polar surface area (TPSA) is 151 Å². The van der Waals surface area contributed by atoms with Gasteiger partial charge in [-0.1, -0.05) is 24.3 Å². The van der Waals surface area contributed by atoms with Gasteiger partial charge in [0.05, 0.1) is 21.1 Å². The maximum absolute atomic E-state index is 13.0. The Kier molecular flexibility index (Phi) is 6.15. The van der Waals surface area contributed by atoms with Gasteiger partial charge in [0.25, 0.3) is 21.6 Å². The van der Waals surface area contributed by atoms with Gasteiger partial charge in [-0.3, -0.25) is 24.5 Å². The number of amides is 3. The highest BCUT2D eigenvalue weighted by molar-refractivity contribution is 7.92. The molecule has 1 heterocycles. The average Bonchev–Trinajstić information content (AvgIpc) is 3.25. The standard InChI is InChI=1S/C22H19N5O6S/c28-21(24-15-5-3-6-16(13-15)26-12-11-23-22(26)29)19-9-1-2-10-20(19)25-34(32,33)18-8-4-7-17(14-18)27(30)31/h1-10,13-14,25H,11-12H2,(H,23,29)(H,24,28). The molecule has 34 heavy (non-hydrogen) atoms. The summed E-state index contributed by atoms with van der Waals surface area (Å²) in [5.74, 6) is -0.583. The minimum Gasteiger partial charge on any atom is -0.336 e. The van der Waals surface area contributed by atoms with E-state index in [0.717, 1.165) is 6.07 Å². The summed E-state index contributed by atoms with van der Waals surface area (Å²) >= 11 is 0. The van der Waals surface area contributed by atoms with Crippen LogP contribution in [0.4, 0.5) is 27.5 Å². The van der Waals surface area contributed by atoms with E-state index in [1.54, 1.807) is 36.4 Å². The average molecular weight is 481 g/mol. The molecule has 4 rings (SSSR count). The lowest BCUT2D eigenvalue weighted by Crippen LogP contribution is -2.27. The molecule has 1 aliphatic heterocycles. The number of urea groups is 1. The van der Waals surface area contributed by atoms with E-state index in [4.69, 9.17) is 0 Å². The normalized spacial score (nSPS) is 13.3. The Labute approximate surface area is 194 Å². The summed E-state index contributed by atoms with van der Waals surface area (Å²) in [6.45, 7) is 1.02. The monoisotopic (exact) mass is 481 g/mol. The molecule has 0 unspecified atom stereocenters. The van der Waals surface area contributed by atoms with Crippen molar-refractivity contribution < 1.29 is 22.9 Å². The summed E-state index contributed by atoms with van der Waals surface area (Å²) in [5, 5.41) is 16.4. The van der Waals surface area contributed by atoms with Crippen LogP contribution in [0.3, 0.4) is 0 Å². The van der Waals surface area contributed by atoms with Crippen molar-refractivity contribution in [3.63, 3.8) is 0 Å². The van der Waals surface area contributed by atoms with E-state index in [9.17, 15) is 28.1 Å². The van der Waals surface area contributed by atoms with E-state index >= 15 is 0 Å². The number of hydrogen-bond acceptors (Lipinski definition) is 6. The molecule has 3 aromatic carbocycles. The van der Waals surface area contributed by atoms with Crippen LogP contribution < -0.4 is 20.3 Å². The number of rotatable bonds is 7. The third kappa shape index (κ3) is 4.81. The molecular weight excluding hydrogens is 462 g/mol. The SMILES string of the molecule is O=C(Nc1cccc(N2CCNC2=O)c1)c1ccccc1NS(=O)(=O)c1cccc([N+](=O)[O-])c1. The predicted octanol–water partition coefficient (Wildman–Crippen LogP) is 3.18. The van der Waals surface area contributed by atoms with Crippen molar-refractivity contribution in [1.82, 2.24) is 5.32 Å². The first-order chi connectivity index (χ1) is 16.2. The van der Waals surface area contributed by atoms with E-state index in [-0.39, 0.29) is 27.9 Å². The second kappa shape index (κ2) is 9.19. The molecule has 0 saturated carbocycles. The van der Waals surface area contributed by atoms with Crippen molar-refractivity contribution in [3.05, 3.63) is 88.5 Å². The van der Waals surface area contributed by atoms with Crippen LogP contribution in [0.25, 0.3) is 0 Å². The maximum atomic E-state index is 13.0. The number of carbonyl (C=O) groups is 2. The molecule has 3 N–H and O–H groups in total. The molecule has 174 valence electrons. The fraction of sp³-hybridized carbons (Fsp3) is 0.0909. The summed E-state index contributed by atoms with van der Waals surface area (Å²) < 4.78 is 28.0. The number of anilines is 3. The van der Waals surface area contributed by atoms with Crippen LogP contribution in [0, 0.1) is 10.1 Å². The fourth-order valence-electron chi connectivity index (χ4n) is 3.41. The van der Waals surface area contributed by atoms with Gasteiger partial charge < -0.3 is 10.6 Å². The van der Waals surface area contributed by atoms with Gasteiger partial charge in [-0.2, -0.15) is 0 Å². The van der Waals surface area contributed by atoms with Crippen LogP contribution in [0.5, 0.6) is 0 Å². The Hall–Kier alpha value is -4.45. The van der Waals surface area contributed by atoms with E-state index in [0.29, 0.717) is 24.5 Å². The second-order valence-corrected chi connectivity index (χ2v) is 8.98. The first-order valence-corrected chi connectivity index (χ1v) is 11.6. The van der Waals surface area contributed by atoms with Gasteiger partial charge >= 0.3 is 6.03 Å². The van der Waals surface area contributed by atoms with E-state index < -0.39 is 20.9 Å². The number of non-ortho nitro benzene ring substituents is 1. The minimum atomic E-state index is -4.21. The number of sulfonamides is 1. The number of hydrogen-bond donors (Lipinski definition) is 3. The first-order valence-electron chi connectivity index (χ1n) is 10.1. The van der Waals surface area contributed by atoms with Crippen molar-refractivity contribution in [2.45, 2.75) is 4.90 Å². The molecule has 3 amide bonds. The molecular formula is C22H19N5O6S. The predicted molar refractivity (Wildman–Crippen MR) is 125 cm³/mol. The van der Waals surface area contributed by atoms with Crippen LogP contribution in [0.2, 0.25) is 0 Å². The molecule has 1 fully saturated rings. The molecule has 3 aromatic rings. The molecule has 0 atom stereocenters. The Bertz CT molecular complexity index is 1390. The number of carbonyl (C=O) groups excluding carboxylic acids is 2. The van der Waals surface area contributed by atoms with Gasteiger partial charge in [-0.25, -0.2) is 13.2 Å². The van der Waals surface area contributed by atoms with Crippen LogP contribution in [0.1, 0.15) is 10.4 Å². The van der Waals surface area contributed by atoms with Crippen LogP contribution in [-0.2, 0) is 10.0 Å². The Morgan fingerprint density at radius 3 is 2.53 bits per heavy atom. The zero-order valence-electron chi connectivity index (χ0n) is 17.6. The van der Waals surface area contributed by atoms with Crippen molar-refractivity contribution in [2.24, 2.45) is 0 Å². The second-order valence-electron chi connectivity index (χ2n) is 7.29. The smallest absolute Gasteiger partial charge is 0.321 e. The van der Waals surface area contributed by atoms with E-state index in [1.807, 2.05) is 0 Å². The summed E-state index contributed by atoms with van der Waals surface area (Å²) in [7, 11) is -4.21. The minimum absolute atomic E-state index is 0.00146. The number of nitrogens with zero attached hydrogens (tertiary/aromatic N) is 2. The van der Waals surface area contributed by atoms with Crippen molar-refractivity contribution in [3.8, 4) is 0 Å². The number of nitrogens with one attached hydrogen (secondary N) is 3. The largest absolute Gasteiger partial charge is 0.336 e. The Morgan fingerprint density at radius 1 is 1.03 bits per heavy atom. The van der Waals surface area contributed by atoms with E-state index in [2.05, 4.69) is 15.4 Å². The van der Waals surface area contributed by atoms with Gasteiger partial charge in [0, 0.05) is 36.6 Å². The third-order valence-corrected chi connectivity index (χ3v) is 6.39. The maximum Gasteiger partial charge on any atom is 0.321 e. The highest BCUT2D eigenvalue weighted by atomic mass is 32.2. The molecule has 0 aliphatic carbocycles. The lowest BCUT2D eigenvalue weighted by molar-refractivity contribution is -0.385. The molecule has 0 bridgehead atoms. The quantitative estimate of drug-likeness (QED) is 0.348. The van der Waals surface area contributed by atoms with Crippen LogP contribution in [-0.4, -0.2) is 38.4 Å². The Balaban J connectivity index is 1.57. The lowest BCUT2D eigenvalue weighted by atomic mass is 10.1. The molecule has 12 heteroatoms. The summed E-state index contributed by atoms with van der Waals surface area (Å²) in [4.78, 5) is 36.4. The van der Waals surface area contributed by atoms with Crippen LogP contribution >= 0.6 is 0 Å². The van der Waals surface area contributed by atoms with Gasteiger partial charge in [0.2, 0.25) is 0 Å². The molecule has 0 aromatic heterocycles. The number of para-hydroxylation sites is 1. The van der Waals surface area contributed by atoms with Gasteiger partial charge in [0.1, 0.15) is 0 Å². The molecule has 1 aliphatic rings. The summed E-state index contributed by atoms with van der Waals surface area (Å²) in [6.07, 6.45) is 0.